The number of nitrogens with zero attached hydrogens (tertiary/aromatic N) is 1. The van der Waals surface area contributed by atoms with Crippen molar-refractivity contribution in [3.05, 3.63) is 87.1 Å². The summed E-state index contributed by atoms with van der Waals surface area (Å²) in [6.45, 7) is 1.86. The zero-order valence-corrected chi connectivity index (χ0v) is 18.5. The van der Waals surface area contributed by atoms with Crippen LogP contribution in [0.2, 0.25) is 5.02 Å². The van der Waals surface area contributed by atoms with Crippen molar-refractivity contribution in [2.45, 2.75) is 25.6 Å². The zero-order chi connectivity index (χ0) is 21.6. The number of hydrogen-bond donors (Lipinski definition) is 1. The average Bonchev–Trinajstić information content (AvgIpc) is 3.35. The normalized spacial score (nSPS) is 14.4. The summed E-state index contributed by atoms with van der Waals surface area (Å²) in [5, 5.41) is 5.03. The Morgan fingerprint density at radius 3 is 2.55 bits per heavy atom. The lowest BCUT2D eigenvalue weighted by Gasteiger charge is -2.32. The lowest BCUT2D eigenvalue weighted by atomic mass is 10.1. The van der Waals surface area contributed by atoms with E-state index in [0.29, 0.717) is 40.8 Å². The van der Waals surface area contributed by atoms with Gasteiger partial charge in [0.05, 0.1) is 28.3 Å². The number of rotatable bonds is 6. The second-order valence-electron chi connectivity index (χ2n) is 7.41. The maximum atomic E-state index is 13.0. The first-order valence-electron chi connectivity index (χ1n) is 10.2. The SMILES string of the molecule is O=C(Nc1cc(C(=O)N2CCC(OCc3ccccc3)CC2)ccc1Cl)c1cccs1. The molecule has 5 nitrogen and oxygen atoms in total. The number of benzene rings is 2. The fourth-order valence-corrected chi connectivity index (χ4v) is 4.33. The number of hydrogen-bond acceptors (Lipinski definition) is 4. The molecule has 1 saturated heterocycles. The minimum atomic E-state index is -0.238. The van der Waals surface area contributed by atoms with Crippen molar-refractivity contribution in [2.75, 3.05) is 18.4 Å². The highest BCUT2D eigenvalue weighted by molar-refractivity contribution is 7.12. The first-order chi connectivity index (χ1) is 15.1. The number of amides is 2. The molecule has 2 aromatic carbocycles. The standard InChI is InChI=1S/C24H23ClN2O3S/c25-20-9-8-18(15-21(20)26-23(28)22-7-4-14-31-22)24(29)27-12-10-19(11-13-27)30-16-17-5-2-1-3-6-17/h1-9,14-15,19H,10-13,16H2,(H,26,28). The van der Waals surface area contributed by atoms with E-state index in [2.05, 4.69) is 5.32 Å². The van der Waals surface area contributed by atoms with Gasteiger partial charge in [-0.2, -0.15) is 0 Å². The number of anilines is 1. The molecule has 31 heavy (non-hydrogen) atoms. The number of piperidine rings is 1. The molecule has 3 aromatic rings. The second kappa shape index (κ2) is 10.1. The predicted octanol–water partition coefficient (Wildman–Crippen LogP) is 5.48. The summed E-state index contributed by atoms with van der Waals surface area (Å²) in [5.74, 6) is -0.303. The van der Waals surface area contributed by atoms with Crippen LogP contribution in [0.4, 0.5) is 5.69 Å². The Hall–Kier alpha value is -2.67. The maximum absolute atomic E-state index is 13.0. The Balaban J connectivity index is 1.34. The number of ether oxygens (including phenoxy) is 1. The van der Waals surface area contributed by atoms with Gasteiger partial charge in [-0.3, -0.25) is 9.59 Å². The summed E-state index contributed by atoms with van der Waals surface area (Å²) < 4.78 is 6.01. The summed E-state index contributed by atoms with van der Waals surface area (Å²) >= 11 is 7.59. The smallest absolute Gasteiger partial charge is 0.265 e. The van der Waals surface area contributed by atoms with E-state index in [4.69, 9.17) is 16.3 Å². The van der Waals surface area contributed by atoms with Crippen molar-refractivity contribution < 1.29 is 14.3 Å². The number of thiophene rings is 1. The fourth-order valence-electron chi connectivity index (χ4n) is 3.54. The molecule has 0 aliphatic carbocycles. The number of likely N-dealkylation sites (tertiary alicyclic amines) is 1. The Labute approximate surface area is 190 Å². The molecular formula is C24H23ClN2O3S. The lowest BCUT2D eigenvalue weighted by Crippen LogP contribution is -2.40. The highest BCUT2D eigenvalue weighted by Gasteiger charge is 2.24. The third-order valence-electron chi connectivity index (χ3n) is 5.26. The molecule has 0 spiro atoms. The van der Waals surface area contributed by atoms with Gasteiger partial charge in [0.1, 0.15) is 0 Å². The summed E-state index contributed by atoms with van der Waals surface area (Å²) in [4.78, 5) is 27.8. The molecule has 7 heteroatoms. The molecule has 0 atom stereocenters. The molecule has 0 unspecified atom stereocenters. The third kappa shape index (κ3) is 5.53. The van der Waals surface area contributed by atoms with E-state index in [1.807, 2.05) is 46.7 Å². The Kier molecular flexibility index (Phi) is 7.02. The van der Waals surface area contributed by atoms with Crippen LogP contribution < -0.4 is 5.32 Å². The Morgan fingerprint density at radius 1 is 1.06 bits per heavy atom. The quantitative estimate of drug-likeness (QED) is 0.536. The molecule has 2 amide bonds. The van der Waals surface area contributed by atoms with Gasteiger partial charge in [0.15, 0.2) is 0 Å². The number of halogens is 1. The van der Waals surface area contributed by atoms with E-state index in [0.717, 1.165) is 18.4 Å². The predicted molar refractivity (Wildman–Crippen MR) is 124 cm³/mol. The van der Waals surface area contributed by atoms with Crippen molar-refractivity contribution in [1.82, 2.24) is 4.90 Å². The summed E-state index contributed by atoms with van der Waals surface area (Å²) in [6, 6.07) is 18.6. The molecule has 2 heterocycles. The topological polar surface area (TPSA) is 58.6 Å². The van der Waals surface area contributed by atoms with Crippen LogP contribution in [-0.4, -0.2) is 35.9 Å². The van der Waals surface area contributed by atoms with Crippen LogP contribution in [0, 0.1) is 0 Å². The van der Waals surface area contributed by atoms with Crippen molar-refractivity contribution >= 4 is 40.4 Å². The molecule has 1 fully saturated rings. The Morgan fingerprint density at radius 2 is 1.84 bits per heavy atom. The number of carbonyl (C=O) groups excluding carboxylic acids is 2. The van der Waals surface area contributed by atoms with E-state index in [1.165, 1.54) is 11.3 Å². The van der Waals surface area contributed by atoms with Crippen molar-refractivity contribution in [3.63, 3.8) is 0 Å². The van der Waals surface area contributed by atoms with Crippen molar-refractivity contribution in [2.24, 2.45) is 0 Å². The molecule has 1 aromatic heterocycles. The maximum Gasteiger partial charge on any atom is 0.265 e. The van der Waals surface area contributed by atoms with E-state index in [9.17, 15) is 9.59 Å². The monoisotopic (exact) mass is 454 g/mol. The molecule has 0 bridgehead atoms. The van der Waals surface area contributed by atoms with Crippen LogP contribution in [-0.2, 0) is 11.3 Å². The summed E-state index contributed by atoms with van der Waals surface area (Å²) in [6.07, 6.45) is 1.75. The number of nitrogens with one attached hydrogen (secondary N) is 1. The van der Waals surface area contributed by atoms with Crippen LogP contribution >= 0.6 is 22.9 Å². The summed E-state index contributed by atoms with van der Waals surface area (Å²) in [5.41, 5.74) is 2.10. The van der Waals surface area contributed by atoms with Gasteiger partial charge < -0.3 is 15.0 Å². The molecule has 1 aliphatic heterocycles. The third-order valence-corrected chi connectivity index (χ3v) is 6.46. The van der Waals surface area contributed by atoms with Gasteiger partial charge in [0, 0.05) is 18.7 Å². The van der Waals surface area contributed by atoms with E-state index >= 15 is 0 Å². The van der Waals surface area contributed by atoms with Crippen LogP contribution in [0.15, 0.2) is 66.0 Å². The summed E-state index contributed by atoms with van der Waals surface area (Å²) in [7, 11) is 0. The van der Waals surface area contributed by atoms with E-state index in [1.54, 1.807) is 24.3 Å². The first-order valence-corrected chi connectivity index (χ1v) is 11.4. The largest absolute Gasteiger partial charge is 0.373 e. The van der Waals surface area contributed by atoms with Gasteiger partial charge >= 0.3 is 0 Å². The van der Waals surface area contributed by atoms with Crippen LogP contribution in [0.5, 0.6) is 0 Å². The van der Waals surface area contributed by atoms with Gasteiger partial charge in [-0.05, 0) is 48.1 Å². The number of carbonyl (C=O) groups is 2. The minimum Gasteiger partial charge on any atom is -0.373 e. The van der Waals surface area contributed by atoms with Gasteiger partial charge in [-0.15, -0.1) is 11.3 Å². The highest BCUT2D eigenvalue weighted by Crippen LogP contribution is 2.26. The highest BCUT2D eigenvalue weighted by atomic mass is 35.5. The molecular weight excluding hydrogens is 432 g/mol. The van der Waals surface area contributed by atoms with Crippen molar-refractivity contribution in [1.29, 1.82) is 0 Å². The lowest BCUT2D eigenvalue weighted by molar-refractivity contribution is -0.000382. The minimum absolute atomic E-state index is 0.0650. The molecule has 1 N–H and O–H groups in total. The molecule has 4 rings (SSSR count). The van der Waals surface area contributed by atoms with E-state index in [-0.39, 0.29) is 17.9 Å². The Bertz CT molecular complexity index is 1030. The van der Waals surface area contributed by atoms with Gasteiger partial charge in [0.25, 0.3) is 11.8 Å². The van der Waals surface area contributed by atoms with Gasteiger partial charge in [-0.1, -0.05) is 48.0 Å². The van der Waals surface area contributed by atoms with Crippen LogP contribution in [0.25, 0.3) is 0 Å². The van der Waals surface area contributed by atoms with E-state index < -0.39 is 0 Å². The first kappa shape index (κ1) is 21.6. The fraction of sp³-hybridized carbons (Fsp3) is 0.250. The molecule has 1 aliphatic rings. The molecule has 160 valence electrons. The van der Waals surface area contributed by atoms with Crippen LogP contribution in [0.3, 0.4) is 0 Å². The molecule has 0 saturated carbocycles. The van der Waals surface area contributed by atoms with Gasteiger partial charge in [-0.25, -0.2) is 0 Å². The zero-order valence-electron chi connectivity index (χ0n) is 16.9. The van der Waals surface area contributed by atoms with Crippen LogP contribution in [0.1, 0.15) is 38.4 Å². The van der Waals surface area contributed by atoms with Gasteiger partial charge in [0.2, 0.25) is 0 Å². The second-order valence-corrected chi connectivity index (χ2v) is 8.77. The van der Waals surface area contributed by atoms with Crippen molar-refractivity contribution in [3.8, 4) is 0 Å². The molecule has 0 radical (unpaired) electrons. The average molecular weight is 455 g/mol.